The van der Waals surface area contributed by atoms with Gasteiger partial charge in [-0.1, -0.05) is 5.16 Å². The third-order valence-corrected chi connectivity index (χ3v) is 2.06. The molecule has 2 heterocycles. The van der Waals surface area contributed by atoms with Crippen molar-refractivity contribution in [2.75, 3.05) is 6.61 Å². The molecule has 2 aromatic rings. The number of nitrogens with zero attached hydrogens (tertiary/aromatic N) is 2. The zero-order valence-electron chi connectivity index (χ0n) is 9.38. The first-order valence-corrected chi connectivity index (χ1v) is 5.31. The van der Waals surface area contributed by atoms with Crippen LogP contribution in [0.3, 0.4) is 0 Å². The van der Waals surface area contributed by atoms with Crippen LogP contribution in [0, 0.1) is 0 Å². The standard InChI is InChI=1S/C11H12N2O4/c1-2-15-10(14)6-5-9-12-11(13-17-9)8-4-3-7-16-8/h3-4,7H,2,5-6H2,1H3. The van der Waals surface area contributed by atoms with E-state index in [4.69, 9.17) is 13.7 Å². The highest BCUT2D eigenvalue weighted by Gasteiger charge is 2.12. The first-order chi connectivity index (χ1) is 8.29. The van der Waals surface area contributed by atoms with Crippen molar-refractivity contribution >= 4 is 5.97 Å². The lowest BCUT2D eigenvalue weighted by Crippen LogP contribution is -2.05. The van der Waals surface area contributed by atoms with E-state index in [9.17, 15) is 4.79 Å². The maximum atomic E-state index is 11.1. The molecule has 0 saturated heterocycles. The van der Waals surface area contributed by atoms with Crippen molar-refractivity contribution in [3.05, 3.63) is 24.3 Å². The van der Waals surface area contributed by atoms with Crippen LogP contribution in [-0.4, -0.2) is 22.7 Å². The molecular formula is C11H12N2O4. The van der Waals surface area contributed by atoms with Gasteiger partial charge in [-0.2, -0.15) is 4.98 Å². The smallest absolute Gasteiger partial charge is 0.306 e. The molecule has 0 bridgehead atoms. The van der Waals surface area contributed by atoms with Crippen molar-refractivity contribution in [1.29, 1.82) is 0 Å². The minimum absolute atomic E-state index is 0.230. The second kappa shape index (κ2) is 5.29. The molecule has 0 aliphatic carbocycles. The summed E-state index contributed by atoms with van der Waals surface area (Å²) in [6, 6.07) is 3.48. The van der Waals surface area contributed by atoms with Crippen LogP contribution in [0.15, 0.2) is 27.3 Å². The van der Waals surface area contributed by atoms with Crippen LogP contribution in [0.1, 0.15) is 19.2 Å². The fourth-order valence-electron chi connectivity index (χ4n) is 1.30. The minimum Gasteiger partial charge on any atom is -0.466 e. The van der Waals surface area contributed by atoms with E-state index in [0.29, 0.717) is 30.5 Å². The van der Waals surface area contributed by atoms with Crippen molar-refractivity contribution in [2.24, 2.45) is 0 Å². The van der Waals surface area contributed by atoms with Crippen LogP contribution in [-0.2, 0) is 16.0 Å². The van der Waals surface area contributed by atoms with Gasteiger partial charge in [0.2, 0.25) is 11.7 Å². The molecule has 0 saturated carbocycles. The lowest BCUT2D eigenvalue weighted by Gasteiger charge is -1.97. The molecule has 2 aromatic heterocycles. The number of rotatable bonds is 5. The SMILES string of the molecule is CCOC(=O)CCc1nc(-c2ccco2)no1. The molecule has 6 nitrogen and oxygen atoms in total. The lowest BCUT2D eigenvalue weighted by molar-refractivity contribution is -0.143. The fourth-order valence-corrected chi connectivity index (χ4v) is 1.30. The third kappa shape index (κ3) is 2.93. The average Bonchev–Trinajstić information content (AvgIpc) is 2.97. The molecule has 90 valence electrons. The third-order valence-electron chi connectivity index (χ3n) is 2.06. The lowest BCUT2D eigenvalue weighted by atomic mass is 10.3. The molecule has 0 amide bonds. The molecule has 0 N–H and O–H groups in total. The summed E-state index contributed by atoms with van der Waals surface area (Å²) < 4.78 is 14.9. The quantitative estimate of drug-likeness (QED) is 0.737. The van der Waals surface area contributed by atoms with Crippen molar-refractivity contribution in [3.8, 4) is 11.6 Å². The average molecular weight is 236 g/mol. The zero-order chi connectivity index (χ0) is 12.1. The molecule has 0 aliphatic rings. The van der Waals surface area contributed by atoms with Gasteiger partial charge in [-0.15, -0.1) is 0 Å². The van der Waals surface area contributed by atoms with Crippen LogP contribution in [0.5, 0.6) is 0 Å². The Morgan fingerprint density at radius 2 is 2.41 bits per heavy atom. The Bertz CT molecular complexity index is 475. The number of ether oxygens (including phenoxy) is 1. The second-order valence-corrected chi connectivity index (χ2v) is 3.29. The summed E-state index contributed by atoms with van der Waals surface area (Å²) in [5.41, 5.74) is 0. The molecule has 0 spiro atoms. The molecule has 0 aliphatic heterocycles. The van der Waals surface area contributed by atoms with Gasteiger partial charge in [0, 0.05) is 6.42 Å². The number of aryl methyl sites for hydroxylation is 1. The molecule has 17 heavy (non-hydrogen) atoms. The number of carbonyl (C=O) groups is 1. The molecule has 0 radical (unpaired) electrons. The number of hydrogen-bond acceptors (Lipinski definition) is 6. The van der Waals surface area contributed by atoms with Crippen molar-refractivity contribution in [3.63, 3.8) is 0 Å². The summed E-state index contributed by atoms with van der Waals surface area (Å²) >= 11 is 0. The number of hydrogen-bond donors (Lipinski definition) is 0. The highest BCUT2D eigenvalue weighted by atomic mass is 16.5. The number of aromatic nitrogens is 2. The van der Waals surface area contributed by atoms with E-state index < -0.39 is 0 Å². The van der Waals surface area contributed by atoms with Gasteiger partial charge in [-0.25, -0.2) is 0 Å². The van der Waals surface area contributed by atoms with Gasteiger partial charge in [-0.05, 0) is 19.1 Å². The summed E-state index contributed by atoms with van der Waals surface area (Å²) in [6.45, 7) is 2.14. The van der Waals surface area contributed by atoms with E-state index in [1.165, 1.54) is 6.26 Å². The maximum absolute atomic E-state index is 11.1. The van der Waals surface area contributed by atoms with Gasteiger partial charge in [-0.3, -0.25) is 4.79 Å². The molecule has 0 atom stereocenters. The van der Waals surface area contributed by atoms with Crippen LogP contribution in [0.25, 0.3) is 11.6 Å². The Labute approximate surface area is 97.6 Å². The van der Waals surface area contributed by atoms with Crippen molar-refractivity contribution in [2.45, 2.75) is 19.8 Å². The van der Waals surface area contributed by atoms with Crippen LogP contribution in [0.2, 0.25) is 0 Å². The number of furan rings is 1. The second-order valence-electron chi connectivity index (χ2n) is 3.29. The van der Waals surface area contributed by atoms with E-state index in [0.717, 1.165) is 0 Å². The summed E-state index contributed by atoms with van der Waals surface area (Å²) in [4.78, 5) is 15.2. The summed E-state index contributed by atoms with van der Waals surface area (Å²) in [5.74, 6) is 1.04. The topological polar surface area (TPSA) is 78.4 Å². The van der Waals surface area contributed by atoms with Crippen molar-refractivity contribution in [1.82, 2.24) is 10.1 Å². The molecule has 0 aromatic carbocycles. The van der Waals surface area contributed by atoms with Crippen LogP contribution < -0.4 is 0 Å². The Morgan fingerprint density at radius 3 is 3.12 bits per heavy atom. The Morgan fingerprint density at radius 1 is 1.53 bits per heavy atom. The normalized spacial score (nSPS) is 10.4. The first kappa shape index (κ1) is 11.4. The van der Waals surface area contributed by atoms with Gasteiger partial charge >= 0.3 is 5.97 Å². The monoisotopic (exact) mass is 236 g/mol. The molecule has 0 unspecified atom stereocenters. The van der Waals surface area contributed by atoms with E-state index in [1.54, 1.807) is 19.1 Å². The van der Waals surface area contributed by atoms with Crippen LogP contribution in [0.4, 0.5) is 0 Å². The highest BCUT2D eigenvalue weighted by molar-refractivity contribution is 5.69. The minimum atomic E-state index is -0.273. The van der Waals surface area contributed by atoms with Gasteiger partial charge in [0.25, 0.3) is 0 Å². The zero-order valence-corrected chi connectivity index (χ0v) is 9.38. The van der Waals surface area contributed by atoms with E-state index >= 15 is 0 Å². The summed E-state index contributed by atoms with van der Waals surface area (Å²) in [5, 5.41) is 3.75. The molecule has 2 rings (SSSR count). The maximum Gasteiger partial charge on any atom is 0.306 e. The van der Waals surface area contributed by atoms with Crippen LogP contribution >= 0.6 is 0 Å². The highest BCUT2D eigenvalue weighted by Crippen LogP contribution is 2.16. The molecule has 0 fully saturated rings. The largest absolute Gasteiger partial charge is 0.466 e. The van der Waals surface area contributed by atoms with Gasteiger partial charge in [0.1, 0.15) is 0 Å². The number of carbonyl (C=O) groups excluding carboxylic acids is 1. The van der Waals surface area contributed by atoms with E-state index in [2.05, 4.69) is 10.1 Å². The summed E-state index contributed by atoms with van der Waals surface area (Å²) in [7, 11) is 0. The van der Waals surface area contributed by atoms with Gasteiger partial charge in [0.05, 0.1) is 19.3 Å². The molecular weight excluding hydrogens is 224 g/mol. The van der Waals surface area contributed by atoms with Gasteiger partial charge in [0.15, 0.2) is 5.76 Å². The number of esters is 1. The fraction of sp³-hybridized carbons (Fsp3) is 0.364. The van der Waals surface area contributed by atoms with E-state index in [-0.39, 0.29) is 12.4 Å². The Balaban J connectivity index is 1.93. The van der Waals surface area contributed by atoms with E-state index in [1.807, 2.05) is 0 Å². The van der Waals surface area contributed by atoms with Crippen molar-refractivity contribution < 1.29 is 18.5 Å². The predicted molar refractivity (Wildman–Crippen MR) is 57.0 cm³/mol. The first-order valence-electron chi connectivity index (χ1n) is 5.31. The predicted octanol–water partition coefficient (Wildman–Crippen LogP) is 1.83. The Hall–Kier alpha value is -2.11. The summed E-state index contributed by atoms with van der Waals surface area (Å²) in [6.07, 6.45) is 2.13. The van der Waals surface area contributed by atoms with Gasteiger partial charge < -0.3 is 13.7 Å². The molecule has 6 heteroatoms. The Kier molecular flexibility index (Phi) is 3.54.